The number of H-pyrrole nitrogens is 1. The summed E-state index contributed by atoms with van der Waals surface area (Å²) in [6.07, 6.45) is 4.82. The van der Waals surface area contributed by atoms with Crippen LogP contribution in [-0.4, -0.2) is 49.7 Å². The maximum absolute atomic E-state index is 13.7. The van der Waals surface area contributed by atoms with Crippen molar-refractivity contribution in [2.24, 2.45) is 0 Å². The normalized spacial score (nSPS) is 12.7. The topological polar surface area (TPSA) is 159 Å². The molecule has 4 aromatic heterocycles. The molecule has 4 heterocycles. The number of aromatic nitrogens is 6. The highest BCUT2D eigenvalue weighted by atomic mass is 32.2. The Morgan fingerprint density at radius 2 is 1.83 bits per heavy atom. The van der Waals surface area contributed by atoms with E-state index < -0.39 is 16.1 Å². The third-order valence-electron chi connectivity index (χ3n) is 6.98. The minimum absolute atomic E-state index is 0.0649. The van der Waals surface area contributed by atoms with E-state index in [1.54, 1.807) is 21.5 Å². The van der Waals surface area contributed by atoms with E-state index >= 15 is 0 Å². The lowest BCUT2D eigenvalue weighted by molar-refractivity contribution is 0.475. The summed E-state index contributed by atoms with van der Waals surface area (Å²) in [6.45, 7) is 3.74. The molecule has 0 saturated heterocycles. The molecule has 2 aromatic carbocycles. The molecule has 1 atom stereocenters. The zero-order chi connectivity index (χ0) is 28.9. The van der Waals surface area contributed by atoms with Crippen LogP contribution in [0.25, 0.3) is 33.4 Å². The summed E-state index contributed by atoms with van der Waals surface area (Å²) in [4.78, 5) is 25.5. The third kappa shape index (κ3) is 4.40. The number of rotatable bonds is 7. The van der Waals surface area contributed by atoms with E-state index in [9.17, 15) is 18.3 Å². The highest BCUT2D eigenvalue weighted by molar-refractivity contribution is 7.89. The number of nitrogens with zero attached hydrogens (tertiary/aromatic N) is 5. The van der Waals surface area contributed by atoms with Gasteiger partial charge in [0, 0.05) is 29.6 Å². The van der Waals surface area contributed by atoms with Gasteiger partial charge in [-0.05, 0) is 56.8 Å². The maximum Gasteiger partial charge on any atom is 0.282 e. The summed E-state index contributed by atoms with van der Waals surface area (Å²) in [7, 11) is -2.44. The van der Waals surface area contributed by atoms with Crippen LogP contribution in [0.3, 0.4) is 0 Å². The number of aryl methyl sites for hydroxylation is 1. The Kier molecular flexibility index (Phi) is 6.31. The summed E-state index contributed by atoms with van der Waals surface area (Å²) >= 11 is 0. The standard InChI is InChI=1S/C28H26N8O4S/c1-16-11-12-35-24(16)28(38)36(18-7-5-4-6-8-18)27(34-35)17(2)33-26-23-21(14-30-25(23)31-15-32-26)20-10-9-19(13-22(20)37)41(39,40)29-3/h4-15,17,29,37H,1-3H3,(H2,30,31,32,33). The van der Waals surface area contributed by atoms with Crippen molar-refractivity contribution in [2.45, 2.75) is 24.8 Å². The second-order valence-electron chi connectivity index (χ2n) is 9.53. The van der Waals surface area contributed by atoms with E-state index in [1.807, 2.05) is 50.2 Å². The van der Waals surface area contributed by atoms with Crippen molar-refractivity contribution in [3.8, 4) is 22.6 Å². The second kappa shape index (κ2) is 9.87. The lowest BCUT2D eigenvalue weighted by Gasteiger charge is -2.20. The van der Waals surface area contributed by atoms with Gasteiger partial charge in [-0.15, -0.1) is 0 Å². The Morgan fingerprint density at radius 1 is 1.05 bits per heavy atom. The van der Waals surface area contributed by atoms with Crippen LogP contribution in [0.5, 0.6) is 5.75 Å². The minimum atomic E-state index is -3.74. The van der Waals surface area contributed by atoms with Crippen LogP contribution in [-0.2, 0) is 10.0 Å². The number of nitrogens with one attached hydrogen (secondary N) is 3. The van der Waals surface area contributed by atoms with E-state index in [-0.39, 0.29) is 16.2 Å². The second-order valence-corrected chi connectivity index (χ2v) is 11.4. The number of aromatic hydroxyl groups is 1. The average Bonchev–Trinajstić information content (AvgIpc) is 3.57. The fourth-order valence-electron chi connectivity index (χ4n) is 4.92. The molecule has 208 valence electrons. The SMILES string of the molecule is CNS(=O)(=O)c1ccc(-c2c[nH]c3ncnc(NC(C)c4nn5ccc(C)c5c(=O)n4-c4ccccc4)c23)c(O)c1. The highest BCUT2D eigenvalue weighted by Crippen LogP contribution is 2.38. The number of hydrogen-bond donors (Lipinski definition) is 4. The fraction of sp³-hybridized carbons (Fsp3) is 0.143. The molecule has 0 radical (unpaired) electrons. The molecule has 1 unspecified atom stereocenters. The molecule has 0 bridgehead atoms. The molecular weight excluding hydrogens is 544 g/mol. The molecule has 0 saturated carbocycles. The number of fused-ring (bicyclic) bond motifs is 2. The van der Waals surface area contributed by atoms with Crippen LogP contribution in [0.15, 0.2) is 83.0 Å². The highest BCUT2D eigenvalue weighted by Gasteiger charge is 2.23. The minimum Gasteiger partial charge on any atom is -0.507 e. The fourth-order valence-corrected chi connectivity index (χ4v) is 5.67. The third-order valence-corrected chi connectivity index (χ3v) is 8.39. The van der Waals surface area contributed by atoms with E-state index in [2.05, 4.69) is 25.0 Å². The van der Waals surface area contributed by atoms with E-state index in [0.29, 0.717) is 45.0 Å². The van der Waals surface area contributed by atoms with Crippen LogP contribution in [0.2, 0.25) is 0 Å². The smallest absolute Gasteiger partial charge is 0.282 e. The van der Waals surface area contributed by atoms with Crippen LogP contribution < -0.4 is 15.6 Å². The summed E-state index contributed by atoms with van der Waals surface area (Å²) in [5, 5.41) is 19.6. The van der Waals surface area contributed by atoms with E-state index in [1.165, 1.54) is 31.6 Å². The molecule has 12 nitrogen and oxygen atoms in total. The molecule has 0 aliphatic carbocycles. The van der Waals surface area contributed by atoms with Gasteiger partial charge in [0.15, 0.2) is 5.82 Å². The number of sulfonamides is 1. The van der Waals surface area contributed by atoms with Crippen molar-refractivity contribution in [2.75, 3.05) is 12.4 Å². The Hall–Kier alpha value is -5.01. The average molecular weight is 571 g/mol. The number of benzene rings is 2. The predicted octanol–water partition coefficient (Wildman–Crippen LogP) is 3.52. The lowest BCUT2D eigenvalue weighted by Crippen LogP contribution is -2.29. The molecule has 6 aromatic rings. The van der Waals surface area contributed by atoms with Crippen molar-refractivity contribution in [1.29, 1.82) is 0 Å². The number of anilines is 1. The van der Waals surface area contributed by atoms with Gasteiger partial charge in [0.05, 0.1) is 22.0 Å². The van der Waals surface area contributed by atoms with Crippen molar-refractivity contribution in [1.82, 2.24) is 33.9 Å². The predicted molar refractivity (Wildman–Crippen MR) is 155 cm³/mol. The first-order valence-corrected chi connectivity index (χ1v) is 14.2. The first kappa shape index (κ1) is 26.2. The Bertz CT molecular complexity index is 2100. The van der Waals surface area contributed by atoms with Gasteiger partial charge in [0.1, 0.15) is 29.1 Å². The molecule has 0 aliphatic rings. The summed E-state index contributed by atoms with van der Waals surface area (Å²) in [5.74, 6) is 0.665. The molecule has 6 rings (SSSR count). The molecule has 0 fully saturated rings. The summed E-state index contributed by atoms with van der Waals surface area (Å²) < 4.78 is 29.9. The van der Waals surface area contributed by atoms with Gasteiger partial charge in [-0.25, -0.2) is 27.6 Å². The zero-order valence-corrected chi connectivity index (χ0v) is 23.1. The first-order valence-electron chi connectivity index (χ1n) is 12.7. The van der Waals surface area contributed by atoms with Crippen LogP contribution in [0.4, 0.5) is 5.82 Å². The quantitative estimate of drug-likeness (QED) is 0.227. The van der Waals surface area contributed by atoms with Crippen molar-refractivity contribution < 1.29 is 13.5 Å². The number of phenols is 1. The van der Waals surface area contributed by atoms with Gasteiger partial charge in [-0.1, -0.05) is 18.2 Å². The molecule has 0 amide bonds. The van der Waals surface area contributed by atoms with E-state index in [4.69, 9.17) is 5.10 Å². The van der Waals surface area contributed by atoms with Gasteiger partial charge in [-0.3, -0.25) is 9.36 Å². The monoisotopic (exact) mass is 570 g/mol. The molecule has 41 heavy (non-hydrogen) atoms. The van der Waals surface area contributed by atoms with Gasteiger partial charge in [0.25, 0.3) is 5.56 Å². The van der Waals surface area contributed by atoms with Gasteiger partial charge >= 0.3 is 0 Å². The summed E-state index contributed by atoms with van der Waals surface area (Å²) in [6, 6.07) is 14.8. The Labute approximate surface area is 234 Å². The van der Waals surface area contributed by atoms with Gasteiger partial charge < -0.3 is 15.4 Å². The molecule has 0 aliphatic heterocycles. The first-order chi connectivity index (χ1) is 19.7. The number of para-hydroxylation sites is 1. The van der Waals surface area contributed by atoms with Crippen LogP contribution in [0.1, 0.15) is 24.4 Å². The molecule has 0 spiro atoms. The number of phenolic OH excluding ortho intramolecular Hbond substituents is 1. The zero-order valence-electron chi connectivity index (χ0n) is 22.3. The van der Waals surface area contributed by atoms with Gasteiger partial charge in [0.2, 0.25) is 10.0 Å². The number of aromatic amines is 1. The van der Waals surface area contributed by atoms with Crippen molar-refractivity contribution in [3.63, 3.8) is 0 Å². The molecule has 13 heteroatoms. The van der Waals surface area contributed by atoms with E-state index in [0.717, 1.165) is 5.56 Å². The summed E-state index contributed by atoms with van der Waals surface area (Å²) in [5.41, 5.74) is 3.23. The molecular formula is C28H26N8O4S. The Morgan fingerprint density at radius 3 is 2.56 bits per heavy atom. The maximum atomic E-state index is 13.7. The molecule has 4 N–H and O–H groups in total. The van der Waals surface area contributed by atoms with Crippen molar-refractivity contribution in [3.05, 3.63) is 95.1 Å². The van der Waals surface area contributed by atoms with Crippen molar-refractivity contribution >= 4 is 32.4 Å². The van der Waals surface area contributed by atoms with Gasteiger partial charge in [-0.2, -0.15) is 5.10 Å². The lowest BCUT2D eigenvalue weighted by atomic mass is 10.0. The van der Waals surface area contributed by atoms with Crippen LogP contribution in [0, 0.1) is 6.92 Å². The number of hydrogen-bond acceptors (Lipinski definition) is 8. The Balaban J connectivity index is 1.47. The largest absolute Gasteiger partial charge is 0.507 e. The van der Waals surface area contributed by atoms with Crippen LogP contribution >= 0.6 is 0 Å².